The van der Waals surface area contributed by atoms with E-state index in [9.17, 15) is 0 Å². The SMILES string of the molecule is CC(C)c1nn(-c2ccccc2)[n+](-c2ccccc2)n1. The van der Waals surface area contributed by atoms with Crippen LogP contribution in [0.2, 0.25) is 0 Å². The number of hydrogen-bond acceptors (Lipinski definition) is 2. The van der Waals surface area contributed by atoms with Crippen LogP contribution in [0.25, 0.3) is 11.4 Å². The number of benzene rings is 2. The lowest BCUT2D eigenvalue weighted by molar-refractivity contribution is -0.735. The third kappa shape index (κ3) is 2.32. The number of aromatic nitrogens is 4. The van der Waals surface area contributed by atoms with Gasteiger partial charge in [0, 0.05) is 10.7 Å². The second-order valence-electron chi connectivity index (χ2n) is 4.96. The van der Waals surface area contributed by atoms with Crippen LogP contribution in [-0.2, 0) is 0 Å². The molecule has 100 valence electrons. The van der Waals surface area contributed by atoms with Gasteiger partial charge in [-0.2, -0.15) is 0 Å². The molecule has 0 saturated carbocycles. The quantitative estimate of drug-likeness (QED) is 0.682. The summed E-state index contributed by atoms with van der Waals surface area (Å²) in [5, 5.41) is 9.25. The van der Waals surface area contributed by atoms with Gasteiger partial charge in [-0.1, -0.05) is 50.2 Å². The summed E-state index contributed by atoms with van der Waals surface area (Å²) in [6.45, 7) is 4.19. The van der Waals surface area contributed by atoms with Crippen molar-refractivity contribution in [3.63, 3.8) is 0 Å². The van der Waals surface area contributed by atoms with Crippen LogP contribution in [0.5, 0.6) is 0 Å². The van der Waals surface area contributed by atoms with Crippen molar-refractivity contribution in [2.24, 2.45) is 0 Å². The Balaban J connectivity index is 2.18. The van der Waals surface area contributed by atoms with Gasteiger partial charge >= 0.3 is 5.82 Å². The summed E-state index contributed by atoms with van der Waals surface area (Å²) in [7, 11) is 0. The highest BCUT2D eigenvalue weighted by Gasteiger charge is 2.23. The molecular formula is C16H17N4+. The van der Waals surface area contributed by atoms with Gasteiger partial charge in [0.05, 0.1) is 5.10 Å². The Hall–Kier alpha value is -2.49. The number of rotatable bonds is 3. The summed E-state index contributed by atoms with van der Waals surface area (Å²) in [5.74, 6) is 1.12. The zero-order valence-corrected chi connectivity index (χ0v) is 11.6. The molecule has 4 nitrogen and oxygen atoms in total. The zero-order valence-electron chi connectivity index (χ0n) is 11.6. The fourth-order valence-electron chi connectivity index (χ4n) is 1.99. The van der Waals surface area contributed by atoms with Crippen LogP contribution >= 0.6 is 0 Å². The Bertz CT molecular complexity index is 630. The first kappa shape index (κ1) is 12.5. The molecule has 3 aromatic rings. The molecule has 1 heterocycles. The van der Waals surface area contributed by atoms with E-state index in [1.54, 1.807) is 0 Å². The minimum Gasteiger partial charge on any atom is -0.0621 e. The molecule has 0 unspecified atom stereocenters. The van der Waals surface area contributed by atoms with Crippen molar-refractivity contribution >= 4 is 0 Å². The first-order valence-corrected chi connectivity index (χ1v) is 6.76. The van der Waals surface area contributed by atoms with Crippen molar-refractivity contribution in [2.45, 2.75) is 19.8 Å². The minimum absolute atomic E-state index is 0.287. The molecule has 4 heteroatoms. The number of para-hydroxylation sites is 2. The first-order chi connectivity index (χ1) is 9.75. The fourth-order valence-corrected chi connectivity index (χ4v) is 1.99. The molecule has 0 N–H and O–H groups in total. The summed E-state index contributed by atoms with van der Waals surface area (Å²) < 4.78 is 0. The molecular weight excluding hydrogens is 248 g/mol. The van der Waals surface area contributed by atoms with E-state index < -0.39 is 0 Å². The van der Waals surface area contributed by atoms with Crippen molar-refractivity contribution in [2.75, 3.05) is 0 Å². The van der Waals surface area contributed by atoms with Crippen molar-refractivity contribution in [3.05, 3.63) is 66.5 Å². The Morgan fingerprint density at radius 1 is 0.900 bits per heavy atom. The number of tetrazole rings is 1. The largest absolute Gasteiger partial charge is 0.312 e. The van der Waals surface area contributed by atoms with Crippen LogP contribution < -0.4 is 4.80 Å². The van der Waals surface area contributed by atoms with Crippen LogP contribution in [0.3, 0.4) is 0 Å². The van der Waals surface area contributed by atoms with E-state index in [1.807, 2.05) is 70.3 Å². The van der Waals surface area contributed by atoms with Gasteiger partial charge in [0.15, 0.2) is 5.69 Å². The predicted molar refractivity (Wildman–Crippen MR) is 77.0 cm³/mol. The third-order valence-electron chi connectivity index (χ3n) is 3.06. The topological polar surface area (TPSA) is 34.6 Å². The highest BCUT2D eigenvalue weighted by Crippen LogP contribution is 2.10. The van der Waals surface area contributed by atoms with Gasteiger partial charge < -0.3 is 0 Å². The van der Waals surface area contributed by atoms with Gasteiger partial charge in [-0.25, -0.2) is 0 Å². The van der Waals surface area contributed by atoms with E-state index in [0.717, 1.165) is 17.2 Å². The molecule has 0 bridgehead atoms. The third-order valence-corrected chi connectivity index (χ3v) is 3.06. The maximum absolute atomic E-state index is 4.62. The van der Waals surface area contributed by atoms with Crippen molar-refractivity contribution in [1.82, 2.24) is 15.0 Å². The Labute approximate surface area is 118 Å². The maximum Gasteiger partial charge on any atom is 0.312 e. The average molecular weight is 265 g/mol. The van der Waals surface area contributed by atoms with Crippen LogP contribution in [0.4, 0.5) is 0 Å². The van der Waals surface area contributed by atoms with Crippen molar-refractivity contribution in [3.8, 4) is 11.4 Å². The van der Waals surface area contributed by atoms with Gasteiger partial charge in [-0.05, 0) is 34.2 Å². The molecule has 0 fully saturated rings. The van der Waals surface area contributed by atoms with E-state index in [-0.39, 0.29) is 5.92 Å². The Kier molecular flexibility index (Phi) is 3.29. The molecule has 0 aliphatic heterocycles. The van der Waals surface area contributed by atoms with E-state index in [0.29, 0.717) is 0 Å². The molecule has 1 aromatic heterocycles. The van der Waals surface area contributed by atoms with Gasteiger partial charge in [-0.3, -0.25) is 0 Å². The molecule has 2 aromatic carbocycles. The highest BCUT2D eigenvalue weighted by molar-refractivity contribution is 5.28. The molecule has 0 atom stereocenters. The van der Waals surface area contributed by atoms with Gasteiger partial charge in [0.2, 0.25) is 0 Å². The summed E-state index contributed by atoms with van der Waals surface area (Å²) in [6, 6.07) is 20.1. The maximum atomic E-state index is 4.62. The molecule has 0 amide bonds. The van der Waals surface area contributed by atoms with Crippen LogP contribution in [-0.4, -0.2) is 15.0 Å². The smallest absolute Gasteiger partial charge is 0.0621 e. The number of hydrogen-bond donors (Lipinski definition) is 0. The van der Waals surface area contributed by atoms with Crippen molar-refractivity contribution < 1.29 is 4.80 Å². The first-order valence-electron chi connectivity index (χ1n) is 6.76. The second kappa shape index (κ2) is 5.25. The summed E-state index contributed by atoms with van der Waals surface area (Å²) in [4.78, 5) is 3.68. The normalized spacial score (nSPS) is 10.9. The lowest BCUT2D eigenvalue weighted by Crippen LogP contribution is -2.43. The van der Waals surface area contributed by atoms with Crippen LogP contribution in [0.15, 0.2) is 60.7 Å². The minimum atomic E-state index is 0.287. The van der Waals surface area contributed by atoms with Gasteiger partial charge in [-0.15, -0.1) is 0 Å². The van der Waals surface area contributed by atoms with Gasteiger partial charge in [0.1, 0.15) is 5.69 Å². The molecule has 20 heavy (non-hydrogen) atoms. The van der Waals surface area contributed by atoms with E-state index in [1.165, 1.54) is 0 Å². The summed E-state index contributed by atoms with van der Waals surface area (Å²) >= 11 is 0. The molecule has 0 spiro atoms. The molecule has 0 radical (unpaired) electrons. The van der Waals surface area contributed by atoms with Crippen LogP contribution in [0, 0.1) is 0 Å². The monoisotopic (exact) mass is 265 g/mol. The van der Waals surface area contributed by atoms with E-state index in [4.69, 9.17) is 0 Å². The second-order valence-corrected chi connectivity index (χ2v) is 4.96. The Morgan fingerprint density at radius 3 is 2.10 bits per heavy atom. The molecule has 0 saturated heterocycles. The molecule has 0 aliphatic carbocycles. The summed E-state index contributed by atoms with van der Waals surface area (Å²) in [5.41, 5.74) is 1.99. The van der Waals surface area contributed by atoms with Crippen molar-refractivity contribution in [1.29, 1.82) is 0 Å². The highest BCUT2D eigenvalue weighted by atomic mass is 15.7. The van der Waals surface area contributed by atoms with E-state index >= 15 is 0 Å². The van der Waals surface area contributed by atoms with Gasteiger partial charge in [0.25, 0.3) is 0 Å². The standard InChI is InChI=1S/C16H17N4/c1-13(2)16-17-19(14-9-5-3-6-10-14)20(18-16)15-11-7-4-8-12-15/h3-13H,1-2H3/q+1. The van der Waals surface area contributed by atoms with E-state index in [2.05, 4.69) is 24.0 Å². The molecule has 3 rings (SSSR count). The lowest BCUT2D eigenvalue weighted by atomic mass is 10.2. The predicted octanol–water partition coefficient (Wildman–Crippen LogP) is 2.67. The average Bonchev–Trinajstić information content (AvgIpc) is 2.94. The van der Waals surface area contributed by atoms with Crippen LogP contribution in [0.1, 0.15) is 25.6 Å². The zero-order chi connectivity index (χ0) is 13.9. The molecule has 0 aliphatic rings. The summed E-state index contributed by atoms with van der Waals surface area (Å²) in [6.07, 6.45) is 0. The lowest BCUT2D eigenvalue weighted by Gasteiger charge is -1.98. The number of nitrogens with zero attached hydrogens (tertiary/aromatic N) is 4. The fraction of sp³-hybridized carbons (Fsp3) is 0.188. The Morgan fingerprint density at radius 2 is 1.50 bits per heavy atom.